The molecule has 0 radical (unpaired) electrons. The third kappa shape index (κ3) is 4.97. The zero-order chi connectivity index (χ0) is 25.3. The summed E-state index contributed by atoms with van der Waals surface area (Å²) in [4.78, 5) is 25.3. The number of halogens is 3. The molecule has 4 rings (SSSR count). The molecule has 0 aliphatic carbocycles. The molecule has 1 amide bonds. The third-order valence-electron chi connectivity index (χ3n) is 5.69. The van der Waals surface area contributed by atoms with Crippen LogP contribution in [-0.2, 0) is 19.1 Å². The topological polar surface area (TPSA) is 100 Å². The molecule has 0 bridgehead atoms. The van der Waals surface area contributed by atoms with Crippen LogP contribution in [0.4, 0.5) is 13.2 Å². The lowest BCUT2D eigenvalue weighted by Gasteiger charge is -2.15. The van der Waals surface area contributed by atoms with Gasteiger partial charge in [0, 0.05) is 36.2 Å². The van der Waals surface area contributed by atoms with Crippen LogP contribution in [0.1, 0.15) is 34.1 Å². The molecule has 0 aliphatic heterocycles. The van der Waals surface area contributed by atoms with Crippen LogP contribution >= 0.6 is 0 Å². The van der Waals surface area contributed by atoms with Crippen molar-refractivity contribution in [2.75, 3.05) is 7.05 Å². The number of hydrogen-bond acceptors (Lipinski definition) is 4. The highest BCUT2D eigenvalue weighted by Crippen LogP contribution is 2.36. The van der Waals surface area contributed by atoms with Gasteiger partial charge in [0.2, 0.25) is 0 Å². The van der Waals surface area contributed by atoms with E-state index in [0.29, 0.717) is 21.9 Å². The maximum atomic E-state index is 13.4. The molecule has 7 nitrogen and oxygen atoms in total. The summed E-state index contributed by atoms with van der Waals surface area (Å²) in [5.74, 6) is -0.252. The van der Waals surface area contributed by atoms with Crippen molar-refractivity contribution in [3.05, 3.63) is 87.6 Å². The Morgan fingerprint density at radius 2 is 1.97 bits per heavy atom. The maximum Gasteiger partial charge on any atom is 0.433 e. The lowest BCUT2D eigenvalue weighted by atomic mass is 9.97. The molecular weight excluding hydrogens is 461 g/mol. The van der Waals surface area contributed by atoms with Crippen LogP contribution in [0, 0.1) is 0 Å². The highest BCUT2D eigenvalue weighted by atomic mass is 19.4. The lowest BCUT2D eigenvalue weighted by Crippen LogP contribution is -2.23. The first-order valence-electron chi connectivity index (χ1n) is 10.8. The smallest absolute Gasteiger partial charge is 0.393 e. The van der Waals surface area contributed by atoms with Gasteiger partial charge in [-0.05, 0) is 53.3 Å². The summed E-state index contributed by atoms with van der Waals surface area (Å²) in [7, 11) is 1.53. The van der Waals surface area contributed by atoms with Crippen LogP contribution in [0.25, 0.3) is 21.9 Å². The van der Waals surface area contributed by atoms with E-state index in [1.54, 1.807) is 37.4 Å². The number of aliphatic hydroxyl groups excluding tert-OH is 1. The molecule has 0 saturated carbocycles. The van der Waals surface area contributed by atoms with E-state index in [9.17, 15) is 27.9 Å². The summed E-state index contributed by atoms with van der Waals surface area (Å²) in [6.07, 6.45) is -2.47. The van der Waals surface area contributed by atoms with E-state index >= 15 is 0 Å². The van der Waals surface area contributed by atoms with Crippen LogP contribution in [0.15, 0.2) is 59.7 Å². The molecule has 1 unspecified atom stereocenters. The molecule has 4 aromatic rings. The summed E-state index contributed by atoms with van der Waals surface area (Å²) in [5, 5.41) is 18.9. The SMILES string of the molecule is CNC(=O)c1cccc(Cn2cc(CC(C)O)c3cc(-c4cn[nH]c4C(F)(F)F)ccc3c2=O)c1. The number of alkyl halides is 3. The number of hydrogen-bond donors (Lipinski definition) is 3. The molecule has 35 heavy (non-hydrogen) atoms. The summed E-state index contributed by atoms with van der Waals surface area (Å²) < 4.78 is 41.6. The number of aliphatic hydroxyl groups is 1. The number of carbonyl (C=O) groups excluding carboxylic acids is 1. The van der Waals surface area contributed by atoms with Crippen LogP contribution in [0.5, 0.6) is 0 Å². The number of H-pyrrole nitrogens is 1. The van der Waals surface area contributed by atoms with Gasteiger partial charge in [-0.2, -0.15) is 18.3 Å². The molecule has 0 saturated heterocycles. The van der Waals surface area contributed by atoms with E-state index in [1.807, 2.05) is 5.10 Å². The van der Waals surface area contributed by atoms with Crippen molar-refractivity contribution in [3.63, 3.8) is 0 Å². The first-order valence-corrected chi connectivity index (χ1v) is 10.8. The first kappa shape index (κ1) is 24.2. The maximum absolute atomic E-state index is 13.4. The second-order valence-corrected chi connectivity index (χ2v) is 8.34. The number of aromatic nitrogens is 3. The van der Waals surface area contributed by atoms with E-state index in [0.717, 1.165) is 11.8 Å². The van der Waals surface area contributed by atoms with Gasteiger partial charge in [-0.1, -0.05) is 18.2 Å². The Bertz CT molecular complexity index is 1450. The Labute approximate surface area is 198 Å². The molecule has 2 heterocycles. The van der Waals surface area contributed by atoms with Gasteiger partial charge in [0.15, 0.2) is 0 Å². The van der Waals surface area contributed by atoms with Crippen molar-refractivity contribution >= 4 is 16.7 Å². The summed E-state index contributed by atoms with van der Waals surface area (Å²) in [6.45, 7) is 1.77. The van der Waals surface area contributed by atoms with Crippen molar-refractivity contribution < 1.29 is 23.1 Å². The lowest BCUT2D eigenvalue weighted by molar-refractivity contribution is -0.140. The van der Waals surface area contributed by atoms with Crippen LogP contribution in [-0.4, -0.2) is 38.9 Å². The molecule has 2 aromatic heterocycles. The minimum Gasteiger partial charge on any atom is -0.393 e. The van der Waals surface area contributed by atoms with Gasteiger partial charge in [-0.25, -0.2) is 0 Å². The third-order valence-corrected chi connectivity index (χ3v) is 5.69. The molecule has 10 heteroatoms. The summed E-state index contributed by atoms with van der Waals surface area (Å²) in [5.41, 5.74) is 0.593. The fraction of sp³-hybridized carbons (Fsp3) is 0.240. The minimum absolute atomic E-state index is 0.127. The van der Waals surface area contributed by atoms with E-state index < -0.39 is 18.0 Å². The predicted molar refractivity (Wildman–Crippen MR) is 125 cm³/mol. The monoisotopic (exact) mass is 484 g/mol. The van der Waals surface area contributed by atoms with Gasteiger partial charge in [-0.3, -0.25) is 14.7 Å². The quantitative estimate of drug-likeness (QED) is 0.388. The summed E-state index contributed by atoms with van der Waals surface area (Å²) in [6, 6.07) is 11.3. The largest absolute Gasteiger partial charge is 0.433 e. The number of nitrogens with one attached hydrogen (secondary N) is 2. The standard InChI is InChI=1S/C25H23F3N4O3/c1-14(33)8-18-13-32(12-15-4-3-5-17(9-15)23(34)29-2)24(35)19-7-6-16(10-20(18)19)21-11-30-31-22(21)25(26,27)28/h3-7,9-11,13-14,33H,8,12H2,1-2H3,(H,29,34)(H,30,31). The van der Waals surface area contributed by atoms with Gasteiger partial charge in [0.1, 0.15) is 5.69 Å². The number of benzene rings is 2. The zero-order valence-corrected chi connectivity index (χ0v) is 19.0. The van der Waals surface area contributed by atoms with Crippen molar-refractivity contribution in [2.24, 2.45) is 0 Å². The number of rotatable bonds is 6. The van der Waals surface area contributed by atoms with Crippen LogP contribution < -0.4 is 10.9 Å². The number of amides is 1. The molecule has 182 valence electrons. The van der Waals surface area contributed by atoms with E-state index in [4.69, 9.17) is 0 Å². The minimum atomic E-state index is -4.62. The Balaban J connectivity index is 1.83. The Morgan fingerprint density at radius 3 is 2.66 bits per heavy atom. The van der Waals surface area contributed by atoms with Gasteiger partial charge >= 0.3 is 6.18 Å². The molecule has 0 fully saturated rings. The number of carbonyl (C=O) groups is 1. The molecular formula is C25H23F3N4O3. The molecule has 0 spiro atoms. The van der Waals surface area contributed by atoms with Crippen molar-refractivity contribution in [2.45, 2.75) is 32.2 Å². The van der Waals surface area contributed by atoms with Crippen LogP contribution in [0.3, 0.4) is 0 Å². The Kier molecular flexibility index (Phi) is 6.49. The van der Waals surface area contributed by atoms with Crippen molar-refractivity contribution in [1.29, 1.82) is 0 Å². The number of pyridine rings is 1. The number of nitrogens with zero attached hydrogens (tertiary/aromatic N) is 2. The average Bonchev–Trinajstić information content (AvgIpc) is 3.32. The van der Waals surface area contributed by atoms with Crippen molar-refractivity contribution in [1.82, 2.24) is 20.1 Å². The average molecular weight is 484 g/mol. The second kappa shape index (κ2) is 9.38. The van der Waals surface area contributed by atoms with Gasteiger partial charge in [-0.15, -0.1) is 0 Å². The molecule has 1 atom stereocenters. The van der Waals surface area contributed by atoms with E-state index in [-0.39, 0.29) is 35.6 Å². The molecule has 2 aromatic carbocycles. The normalized spacial score (nSPS) is 12.6. The number of fused-ring (bicyclic) bond motifs is 1. The summed E-state index contributed by atoms with van der Waals surface area (Å²) >= 11 is 0. The fourth-order valence-electron chi connectivity index (χ4n) is 4.11. The van der Waals surface area contributed by atoms with E-state index in [2.05, 4.69) is 10.4 Å². The number of aromatic amines is 1. The predicted octanol–water partition coefficient (Wildman–Crippen LogP) is 3.74. The zero-order valence-electron chi connectivity index (χ0n) is 19.0. The fourth-order valence-corrected chi connectivity index (χ4v) is 4.11. The van der Waals surface area contributed by atoms with Crippen LogP contribution in [0.2, 0.25) is 0 Å². The first-order chi connectivity index (χ1) is 16.6. The van der Waals surface area contributed by atoms with Gasteiger partial charge in [0.25, 0.3) is 11.5 Å². The highest BCUT2D eigenvalue weighted by Gasteiger charge is 2.36. The highest BCUT2D eigenvalue weighted by molar-refractivity contribution is 5.94. The van der Waals surface area contributed by atoms with E-state index in [1.165, 1.54) is 29.8 Å². The Hall–Kier alpha value is -3.92. The van der Waals surface area contributed by atoms with Crippen molar-refractivity contribution in [3.8, 4) is 11.1 Å². The Morgan fingerprint density at radius 1 is 1.20 bits per heavy atom. The molecule has 3 N–H and O–H groups in total. The second-order valence-electron chi connectivity index (χ2n) is 8.34. The van der Waals surface area contributed by atoms with Gasteiger partial charge < -0.3 is 15.0 Å². The molecule has 0 aliphatic rings. The van der Waals surface area contributed by atoms with Gasteiger partial charge in [0.05, 0.1) is 18.8 Å².